The lowest BCUT2D eigenvalue weighted by molar-refractivity contribution is 0.314. The number of anilines is 1. The fraction of sp³-hybridized carbons (Fsp3) is 0.214. The number of nitrogens with two attached hydrogens (primary N) is 1. The average Bonchev–Trinajstić information content (AvgIpc) is 2.35. The summed E-state index contributed by atoms with van der Waals surface area (Å²) in [5.74, 6) is 0. The largest absolute Gasteiger partial charge is 0.397 e. The van der Waals surface area contributed by atoms with E-state index >= 15 is 0 Å². The summed E-state index contributed by atoms with van der Waals surface area (Å²) in [7, 11) is 2.08. The van der Waals surface area contributed by atoms with Gasteiger partial charge in [0.25, 0.3) is 0 Å². The molecular formula is C14H16BrN3. The third-order valence-corrected chi connectivity index (χ3v) is 3.45. The van der Waals surface area contributed by atoms with E-state index in [9.17, 15) is 0 Å². The molecule has 0 aliphatic carbocycles. The van der Waals surface area contributed by atoms with E-state index in [0.717, 1.165) is 23.3 Å². The predicted octanol–water partition coefficient (Wildman–Crippen LogP) is 3.06. The van der Waals surface area contributed by atoms with Gasteiger partial charge in [0.2, 0.25) is 0 Å². The molecule has 18 heavy (non-hydrogen) atoms. The number of hydrogen-bond acceptors (Lipinski definition) is 3. The molecule has 0 atom stereocenters. The van der Waals surface area contributed by atoms with Crippen LogP contribution in [0.4, 0.5) is 5.69 Å². The van der Waals surface area contributed by atoms with Gasteiger partial charge in [0.05, 0.1) is 17.6 Å². The Kier molecular flexibility index (Phi) is 4.33. The van der Waals surface area contributed by atoms with Gasteiger partial charge in [-0.25, -0.2) is 0 Å². The molecule has 0 saturated carbocycles. The Balaban J connectivity index is 1.99. The van der Waals surface area contributed by atoms with E-state index < -0.39 is 0 Å². The van der Waals surface area contributed by atoms with Crippen molar-refractivity contribution >= 4 is 21.6 Å². The highest BCUT2D eigenvalue weighted by Gasteiger charge is 2.05. The summed E-state index contributed by atoms with van der Waals surface area (Å²) in [6.07, 6.45) is 1.70. The lowest BCUT2D eigenvalue weighted by atomic mass is 10.2. The molecule has 0 bridgehead atoms. The Morgan fingerprint density at radius 1 is 1.17 bits per heavy atom. The highest BCUT2D eigenvalue weighted by molar-refractivity contribution is 9.10. The topological polar surface area (TPSA) is 42.1 Å². The summed E-state index contributed by atoms with van der Waals surface area (Å²) < 4.78 is 1.14. The van der Waals surface area contributed by atoms with Crippen LogP contribution in [0.25, 0.3) is 0 Å². The van der Waals surface area contributed by atoms with Crippen molar-refractivity contribution in [2.24, 2.45) is 0 Å². The first-order chi connectivity index (χ1) is 8.65. The summed E-state index contributed by atoms with van der Waals surface area (Å²) in [6.45, 7) is 1.69. The van der Waals surface area contributed by atoms with Crippen molar-refractivity contribution in [3.8, 4) is 0 Å². The molecule has 3 nitrogen and oxygen atoms in total. The van der Waals surface area contributed by atoms with E-state index in [2.05, 4.69) is 51.1 Å². The van der Waals surface area contributed by atoms with Crippen LogP contribution in [0.1, 0.15) is 11.3 Å². The Morgan fingerprint density at radius 2 is 1.94 bits per heavy atom. The SMILES string of the molecule is CN(Cc1ccc(N)cn1)Cc1ccccc1Br. The number of hydrogen-bond donors (Lipinski definition) is 1. The molecule has 1 heterocycles. The minimum absolute atomic E-state index is 0.701. The quantitative estimate of drug-likeness (QED) is 0.944. The normalized spacial score (nSPS) is 10.8. The molecule has 2 rings (SSSR count). The van der Waals surface area contributed by atoms with Gasteiger partial charge in [-0.2, -0.15) is 0 Å². The monoisotopic (exact) mass is 305 g/mol. The van der Waals surface area contributed by atoms with Crippen molar-refractivity contribution in [3.63, 3.8) is 0 Å². The summed E-state index contributed by atoms with van der Waals surface area (Å²) in [4.78, 5) is 6.52. The maximum absolute atomic E-state index is 5.62. The molecule has 0 radical (unpaired) electrons. The maximum Gasteiger partial charge on any atom is 0.0545 e. The first kappa shape index (κ1) is 13.1. The molecule has 1 aromatic heterocycles. The van der Waals surface area contributed by atoms with Crippen LogP contribution < -0.4 is 5.73 Å². The molecule has 1 aromatic carbocycles. The molecule has 0 saturated heterocycles. The molecular weight excluding hydrogens is 290 g/mol. The second kappa shape index (κ2) is 5.98. The smallest absolute Gasteiger partial charge is 0.0545 e. The van der Waals surface area contributed by atoms with Gasteiger partial charge >= 0.3 is 0 Å². The van der Waals surface area contributed by atoms with E-state index in [4.69, 9.17) is 5.73 Å². The standard InChI is InChI=1S/C14H16BrN3/c1-18(9-11-4-2-3-5-14(11)15)10-13-7-6-12(16)8-17-13/h2-8H,9-10,16H2,1H3. The van der Waals surface area contributed by atoms with Gasteiger partial charge in [0.1, 0.15) is 0 Å². The summed E-state index contributed by atoms with van der Waals surface area (Å²) in [5, 5.41) is 0. The fourth-order valence-electron chi connectivity index (χ4n) is 1.78. The highest BCUT2D eigenvalue weighted by atomic mass is 79.9. The minimum atomic E-state index is 0.701. The number of pyridine rings is 1. The lowest BCUT2D eigenvalue weighted by Gasteiger charge is -2.17. The molecule has 4 heteroatoms. The molecule has 0 spiro atoms. The molecule has 94 valence electrons. The number of nitrogens with zero attached hydrogens (tertiary/aromatic N) is 2. The van der Waals surface area contributed by atoms with Gasteiger partial charge in [-0.05, 0) is 30.8 Å². The van der Waals surface area contributed by atoms with E-state index in [1.54, 1.807) is 6.20 Å². The van der Waals surface area contributed by atoms with E-state index in [-0.39, 0.29) is 0 Å². The van der Waals surface area contributed by atoms with Crippen LogP contribution in [0, 0.1) is 0 Å². The highest BCUT2D eigenvalue weighted by Crippen LogP contribution is 2.17. The Labute approximate surface area is 116 Å². The molecule has 2 aromatic rings. The molecule has 0 aliphatic heterocycles. The third kappa shape index (κ3) is 3.55. The van der Waals surface area contributed by atoms with E-state index in [0.29, 0.717) is 5.69 Å². The van der Waals surface area contributed by atoms with Gasteiger partial charge in [0.15, 0.2) is 0 Å². The second-order valence-electron chi connectivity index (χ2n) is 4.35. The van der Waals surface area contributed by atoms with Crippen molar-refractivity contribution in [1.82, 2.24) is 9.88 Å². The van der Waals surface area contributed by atoms with E-state index in [1.807, 2.05) is 18.2 Å². The van der Waals surface area contributed by atoms with Crippen LogP contribution in [0.15, 0.2) is 47.1 Å². The molecule has 0 fully saturated rings. The van der Waals surface area contributed by atoms with Crippen LogP contribution in [-0.4, -0.2) is 16.9 Å². The third-order valence-electron chi connectivity index (χ3n) is 2.68. The first-order valence-corrected chi connectivity index (χ1v) is 6.57. The predicted molar refractivity (Wildman–Crippen MR) is 78.0 cm³/mol. The van der Waals surface area contributed by atoms with Crippen LogP contribution in [0.2, 0.25) is 0 Å². The zero-order valence-electron chi connectivity index (χ0n) is 10.3. The van der Waals surface area contributed by atoms with Crippen LogP contribution in [0.5, 0.6) is 0 Å². The first-order valence-electron chi connectivity index (χ1n) is 5.77. The molecule has 0 unspecified atom stereocenters. The number of halogens is 1. The molecule has 2 N–H and O–H groups in total. The fourth-order valence-corrected chi connectivity index (χ4v) is 2.19. The van der Waals surface area contributed by atoms with Crippen molar-refractivity contribution in [2.75, 3.05) is 12.8 Å². The average molecular weight is 306 g/mol. The van der Waals surface area contributed by atoms with Crippen molar-refractivity contribution in [1.29, 1.82) is 0 Å². The van der Waals surface area contributed by atoms with Gasteiger partial charge in [-0.3, -0.25) is 9.88 Å². The summed E-state index contributed by atoms with van der Waals surface area (Å²) in [6, 6.07) is 12.1. The van der Waals surface area contributed by atoms with Gasteiger partial charge in [-0.1, -0.05) is 34.1 Å². The molecule has 0 aliphatic rings. The maximum atomic E-state index is 5.62. The van der Waals surface area contributed by atoms with E-state index in [1.165, 1.54) is 5.56 Å². The lowest BCUT2D eigenvalue weighted by Crippen LogP contribution is -2.18. The molecule has 0 amide bonds. The minimum Gasteiger partial charge on any atom is -0.397 e. The van der Waals surface area contributed by atoms with Gasteiger partial charge in [0, 0.05) is 17.6 Å². The second-order valence-corrected chi connectivity index (χ2v) is 5.20. The zero-order chi connectivity index (χ0) is 13.0. The number of aromatic nitrogens is 1. The summed E-state index contributed by atoms with van der Waals surface area (Å²) in [5.41, 5.74) is 8.62. The van der Waals surface area contributed by atoms with Crippen molar-refractivity contribution in [3.05, 3.63) is 58.3 Å². The number of benzene rings is 1. The van der Waals surface area contributed by atoms with Crippen LogP contribution in [-0.2, 0) is 13.1 Å². The van der Waals surface area contributed by atoms with Crippen LogP contribution in [0.3, 0.4) is 0 Å². The van der Waals surface area contributed by atoms with Crippen LogP contribution >= 0.6 is 15.9 Å². The zero-order valence-corrected chi connectivity index (χ0v) is 11.9. The van der Waals surface area contributed by atoms with Crippen molar-refractivity contribution < 1.29 is 0 Å². The number of nitrogen functional groups attached to an aromatic ring is 1. The Hall–Kier alpha value is -1.39. The van der Waals surface area contributed by atoms with Gasteiger partial charge < -0.3 is 5.73 Å². The van der Waals surface area contributed by atoms with Gasteiger partial charge in [-0.15, -0.1) is 0 Å². The van der Waals surface area contributed by atoms with Crippen molar-refractivity contribution in [2.45, 2.75) is 13.1 Å². The summed E-state index contributed by atoms with van der Waals surface area (Å²) >= 11 is 3.56. The Morgan fingerprint density at radius 3 is 2.61 bits per heavy atom. The Bertz CT molecular complexity index is 511. The number of rotatable bonds is 4.